The van der Waals surface area contributed by atoms with Gasteiger partial charge >= 0.3 is 0 Å². The number of benzene rings is 1. The molecule has 1 aromatic rings. The van der Waals surface area contributed by atoms with Crippen molar-refractivity contribution < 1.29 is 0 Å². The second-order valence-electron chi connectivity index (χ2n) is 5.96. The first-order valence-electron chi connectivity index (χ1n) is 8.50. The summed E-state index contributed by atoms with van der Waals surface area (Å²) in [7, 11) is 0. The molecule has 0 saturated heterocycles. The van der Waals surface area contributed by atoms with Crippen molar-refractivity contribution in [2.45, 2.75) is 78.7 Å². The Kier molecular flexibility index (Phi) is 8.60. The minimum Gasteiger partial charge on any atom is -0.310 e. The molecule has 0 radical (unpaired) electrons. The highest BCUT2D eigenvalue weighted by atomic mass is 14.9. The number of unbranched alkanes of at least 4 members (excludes halogenated alkanes) is 5. The topological polar surface area (TPSA) is 12.0 Å². The fraction of sp³-hybridized carbons (Fsp3) is 0.684. The van der Waals surface area contributed by atoms with E-state index in [0.717, 1.165) is 6.54 Å². The Labute approximate surface area is 126 Å². The SMILES string of the molecule is CCCCCCCCC(NCC)c1cccc(C)c1C. The van der Waals surface area contributed by atoms with Crippen LogP contribution in [0.4, 0.5) is 0 Å². The number of hydrogen-bond donors (Lipinski definition) is 1. The highest BCUT2D eigenvalue weighted by molar-refractivity contribution is 5.35. The molecule has 114 valence electrons. The summed E-state index contributed by atoms with van der Waals surface area (Å²) in [5.41, 5.74) is 4.37. The molecule has 0 bridgehead atoms. The highest BCUT2D eigenvalue weighted by Crippen LogP contribution is 2.25. The van der Waals surface area contributed by atoms with Crippen molar-refractivity contribution in [2.75, 3.05) is 6.54 Å². The Bertz CT molecular complexity index is 370. The third-order valence-corrected chi connectivity index (χ3v) is 4.32. The van der Waals surface area contributed by atoms with Gasteiger partial charge in [0.25, 0.3) is 0 Å². The Morgan fingerprint density at radius 2 is 1.65 bits per heavy atom. The molecule has 0 spiro atoms. The van der Waals surface area contributed by atoms with E-state index in [4.69, 9.17) is 0 Å². The highest BCUT2D eigenvalue weighted by Gasteiger charge is 2.12. The van der Waals surface area contributed by atoms with Gasteiger partial charge in [0.05, 0.1) is 0 Å². The Balaban J connectivity index is 2.49. The first-order chi connectivity index (χ1) is 9.70. The van der Waals surface area contributed by atoms with Crippen LogP contribution in [0.25, 0.3) is 0 Å². The van der Waals surface area contributed by atoms with Gasteiger partial charge in [-0.1, -0.05) is 70.6 Å². The zero-order chi connectivity index (χ0) is 14.8. The van der Waals surface area contributed by atoms with Crippen molar-refractivity contribution in [3.8, 4) is 0 Å². The van der Waals surface area contributed by atoms with Crippen LogP contribution in [0.15, 0.2) is 18.2 Å². The number of aryl methyl sites for hydroxylation is 1. The van der Waals surface area contributed by atoms with E-state index in [1.165, 1.54) is 61.6 Å². The normalized spacial score (nSPS) is 12.6. The van der Waals surface area contributed by atoms with Gasteiger partial charge in [-0.3, -0.25) is 0 Å². The molecule has 20 heavy (non-hydrogen) atoms. The van der Waals surface area contributed by atoms with Crippen molar-refractivity contribution in [2.24, 2.45) is 0 Å². The summed E-state index contributed by atoms with van der Waals surface area (Å²) >= 11 is 0. The lowest BCUT2D eigenvalue weighted by Crippen LogP contribution is -2.22. The average molecular weight is 275 g/mol. The van der Waals surface area contributed by atoms with Crippen LogP contribution in [0.1, 0.15) is 81.5 Å². The molecule has 1 aromatic carbocycles. The molecule has 0 heterocycles. The third-order valence-electron chi connectivity index (χ3n) is 4.32. The van der Waals surface area contributed by atoms with Gasteiger partial charge in [0.2, 0.25) is 0 Å². The van der Waals surface area contributed by atoms with Gasteiger partial charge < -0.3 is 5.32 Å². The lowest BCUT2D eigenvalue weighted by atomic mass is 9.93. The molecule has 1 nitrogen and oxygen atoms in total. The van der Waals surface area contributed by atoms with Gasteiger partial charge in [-0.05, 0) is 43.5 Å². The fourth-order valence-electron chi connectivity index (χ4n) is 2.89. The van der Waals surface area contributed by atoms with Gasteiger partial charge in [0.15, 0.2) is 0 Å². The van der Waals surface area contributed by atoms with Crippen LogP contribution in [-0.4, -0.2) is 6.54 Å². The van der Waals surface area contributed by atoms with Crippen molar-refractivity contribution in [1.82, 2.24) is 5.32 Å². The molecule has 0 aromatic heterocycles. The average Bonchev–Trinajstić information content (AvgIpc) is 2.45. The van der Waals surface area contributed by atoms with Gasteiger partial charge in [-0.2, -0.15) is 0 Å². The Hall–Kier alpha value is -0.820. The first kappa shape index (κ1) is 17.2. The van der Waals surface area contributed by atoms with E-state index in [9.17, 15) is 0 Å². The molecule has 0 saturated carbocycles. The van der Waals surface area contributed by atoms with Crippen LogP contribution in [0.5, 0.6) is 0 Å². The smallest absolute Gasteiger partial charge is 0.0322 e. The molecule has 1 heteroatoms. The maximum Gasteiger partial charge on any atom is 0.0322 e. The number of hydrogen-bond acceptors (Lipinski definition) is 1. The zero-order valence-electron chi connectivity index (χ0n) is 14.0. The molecule has 0 aliphatic heterocycles. The predicted molar refractivity (Wildman–Crippen MR) is 90.3 cm³/mol. The molecule has 1 atom stereocenters. The van der Waals surface area contributed by atoms with Crippen LogP contribution in [0.2, 0.25) is 0 Å². The quantitative estimate of drug-likeness (QED) is 0.540. The van der Waals surface area contributed by atoms with E-state index >= 15 is 0 Å². The summed E-state index contributed by atoms with van der Waals surface area (Å²) in [4.78, 5) is 0. The van der Waals surface area contributed by atoms with Crippen molar-refractivity contribution >= 4 is 0 Å². The van der Waals surface area contributed by atoms with Crippen LogP contribution in [0.3, 0.4) is 0 Å². The lowest BCUT2D eigenvalue weighted by Gasteiger charge is -2.21. The molecule has 1 rings (SSSR count). The molecular formula is C19H33N. The standard InChI is InChI=1S/C19H33N/c1-5-7-8-9-10-11-15-19(20-6-2)18-14-12-13-16(3)17(18)4/h12-14,19-20H,5-11,15H2,1-4H3. The molecule has 0 amide bonds. The van der Waals surface area contributed by atoms with E-state index in [1.54, 1.807) is 0 Å². The van der Waals surface area contributed by atoms with Crippen LogP contribution >= 0.6 is 0 Å². The minimum absolute atomic E-state index is 0.533. The number of nitrogens with one attached hydrogen (secondary N) is 1. The molecule has 0 aliphatic carbocycles. The molecule has 0 aliphatic rings. The van der Waals surface area contributed by atoms with E-state index in [1.807, 2.05) is 0 Å². The maximum absolute atomic E-state index is 3.67. The van der Waals surface area contributed by atoms with Crippen LogP contribution in [0, 0.1) is 13.8 Å². The van der Waals surface area contributed by atoms with E-state index < -0.39 is 0 Å². The third kappa shape index (κ3) is 5.66. The van der Waals surface area contributed by atoms with E-state index in [0.29, 0.717) is 6.04 Å². The largest absolute Gasteiger partial charge is 0.310 e. The van der Waals surface area contributed by atoms with Gasteiger partial charge in [-0.15, -0.1) is 0 Å². The molecule has 0 fully saturated rings. The first-order valence-corrected chi connectivity index (χ1v) is 8.50. The second-order valence-corrected chi connectivity index (χ2v) is 5.96. The predicted octanol–water partition coefficient (Wildman–Crippen LogP) is 5.70. The summed E-state index contributed by atoms with van der Waals surface area (Å²) in [6.07, 6.45) is 9.53. The fourth-order valence-corrected chi connectivity index (χ4v) is 2.89. The van der Waals surface area contributed by atoms with Crippen LogP contribution in [-0.2, 0) is 0 Å². The Morgan fingerprint density at radius 1 is 0.950 bits per heavy atom. The summed E-state index contributed by atoms with van der Waals surface area (Å²) in [6.45, 7) is 10.0. The minimum atomic E-state index is 0.533. The summed E-state index contributed by atoms with van der Waals surface area (Å²) in [6, 6.07) is 7.24. The van der Waals surface area contributed by atoms with Gasteiger partial charge in [0.1, 0.15) is 0 Å². The van der Waals surface area contributed by atoms with E-state index in [2.05, 4.69) is 51.2 Å². The summed E-state index contributed by atoms with van der Waals surface area (Å²) < 4.78 is 0. The summed E-state index contributed by atoms with van der Waals surface area (Å²) in [5, 5.41) is 3.67. The van der Waals surface area contributed by atoms with Crippen molar-refractivity contribution in [1.29, 1.82) is 0 Å². The van der Waals surface area contributed by atoms with Crippen LogP contribution < -0.4 is 5.32 Å². The lowest BCUT2D eigenvalue weighted by molar-refractivity contribution is 0.475. The second kappa shape index (κ2) is 9.99. The Morgan fingerprint density at radius 3 is 2.35 bits per heavy atom. The van der Waals surface area contributed by atoms with Crippen molar-refractivity contribution in [3.05, 3.63) is 34.9 Å². The van der Waals surface area contributed by atoms with E-state index in [-0.39, 0.29) is 0 Å². The molecule has 1 unspecified atom stereocenters. The zero-order valence-corrected chi connectivity index (χ0v) is 14.0. The van der Waals surface area contributed by atoms with Gasteiger partial charge in [-0.25, -0.2) is 0 Å². The molecule has 1 N–H and O–H groups in total. The number of rotatable bonds is 10. The van der Waals surface area contributed by atoms with Crippen molar-refractivity contribution in [3.63, 3.8) is 0 Å². The monoisotopic (exact) mass is 275 g/mol. The summed E-state index contributed by atoms with van der Waals surface area (Å²) in [5.74, 6) is 0. The van der Waals surface area contributed by atoms with Gasteiger partial charge in [0, 0.05) is 6.04 Å². The maximum atomic E-state index is 3.67. The molecular weight excluding hydrogens is 242 g/mol.